The van der Waals surface area contributed by atoms with E-state index in [9.17, 15) is 4.79 Å². The van der Waals surface area contributed by atoms with Crippen molar-refractivity contribution in [2.45, 2.75) is 13.0 Å². The summed E-state index contributed by atoms with van der Waals surface area (Å²) in [4.78, 5) is 13.2. The van der Waals surface area contributed by atoms with E-state index >= 15 is 0 Å². The quantitative estimate of drug-likeness (QED) is 0.768. The summed E-state index contributed by atoms with van der Waals surface area (Å²) in [5.74, 6) is 0.617. The van der Waals surface area contributed by atoms with E-state index in [-0.39, 0.29) is 18.6 Å². The Morgan fingerprint density at radius 1 is 1.14 bits per heavy atom. The average Bonchev–Trinajstić information content (AvgIpc) is 3.07. The van der Waals surface area contributed by atoms with Gasteiger partial charge < -0.3 is 10.1 Å². The fraction of sp³-hybridized carbons (Fsp3) is 0.167. The van der Waals surface area contributed by atoms with Gasteiger partial charge in [0.25, 0.3) is 5.91 Å². The number of hydrogen-bond acceptors (Lipinski definition) is 3. The summed E-state index contributed by atoms with van der Waals surface area (Å²) in [5, 5.41) is 7.07. The van der Waals surface area contributed by atoms with Crippen LogP contribution in [0, 0.1) is 0 Å². The van der Waals surface area contributed by atoms with Crippen molar-refractivity contribution in [2.75, 3.05) is 6.61 Å². The van der Waals surface area contributed by atoms with Crippen LogP contribution in [0.4, 0.5) is 0 Å². The molecule has 1 N–H and O–H groups in total. The molecule has 0 aliphatic carbocycles. The van der Waals surface area contributed by atoms with Gasteiger partial charge in [-0.05, 0) is 29.8 Å². The summed E-state index contributed by atoms with van der Waals surface area (Å²) in [6, 6.07) is 17.8. The van der Waals surface area contributed by atoms with Gasteiger partial charge in [-0.15, -0.1) is 11.3 Å². The van der Waals surface area contributed by atoms with Crippen LogP contribution in [0.1, 0.15) is 17.8 Å². The van der Waals surface area contributed by atoms with E-state index in [1.165, 1.54) is 0 Å². The van der Waals surface area contributed by atoms with Crippen molar-refractivity contribution in [3.05, 3.63) is 64.9 Å². The summed E-state index contributed by atoms with van der Waals surface area (Å²) in [5.41, 5.74) is 0. The van der Waals surface area contributed by atoms with Gasteiger partial charge in [-0.25, -0.2) is 0 Å². The second-order valence-electron chi connectivity index (χ2n) is 5.07. The maximum absolute atomic E-state index is 12.0. The summed E-state index contributed by atoms with van der Waals surface area (Å²) in [6.07, 6.45) is 0. The van der Waals surface area contributed by atoms with Crippen molar-refractivity contribution in [1.29, 1.82) is 0 Å². The third-order valence-corrected chi connectivity index (χ3v) is 4.51. The zero-order valence-electron chi connectivity index (χ0n) is 12.3. The number of thiophene rings is 1. The summed E-state index contributed by atoms with van der Waals surface area (Å²) in [6.45, 7) is 1.99. The highest BCUT2D eigenvalue weighted by atomic mass is 32.1. The zero-order chi connectivity index (χ0) is 15.4. The van der Waals surface area contributed by atoms with Crippen LogP contribution < -0.4 is 10.1 Å². The van der Waals surface area contributed by atoms with Crippen molar-refractivity contribution in [1.82, 2.24) is 5.32 Å². The number of carbonyl (C=O) groups excluding carboxylic acids is 1. The fourth-order valence-electron chi connectivity index (χ4n) is 2.36. The van der Waals surface area contributed by atoms with Crippen LogP contribution in [0.3, 0.4) is 0 Å². The van der Waals surface area contributed by atoms with E-state index in [2.05, 4.69) is 5.32 Å². The molecule has 0 unspecified atom stereocenters. The molecule has 112 valence electrons. The van der Waals surface area contributed by atoms with Crippen LogP contribution in [0.15, 0.2) is 60.0 Å². The maximum Gasteiger partial charge on any atom is 0.258 e. The molecule has 3 nitrogen and oxygen atoms in total. The predicted octanol–water partition coefficient (Wildman–Crippen LogP) is 4.16. The van der Waals surface area contributed by atoms with Crippen LogP contribution in [0.5, 0.6) is 5.75 Å². The first kappa shape index (κ1) is 14.6. The molecule has 3 aromatic rings. The van der Waals surface area contributed by atoms with Crippen molar-refractivity contribution in [3.63, 3.8) is 0 Å². The largest absolute Gasteiger partial charge is 0.483 e. The molecule has 0 saturated carbocycles. The molecule has 4 heteroatoms. The summed E-state index contributed by atoms with van der Waals surface area (Å²) in [7, 11) is 0. The second kappa shape index (κ2) is 6.62. The molecule has 1 amide bonds. The van der Waals surface area contributed by atoms with E-state index in [0.29, 0.717) is 0 Å². The van der Waals surface area contributed by atoms with Crippen molar-refractivity contribution >= 4 is 28.0 Å². The van der Waals surface area contributed by atoms with Gasteiger partial charge in [0.1, 0.15) is 5.75 Å². The molecule has 1 heterocycles. The van der Waals surface area contributed by atoms with Gasteiger partial charge in [-0.3, -0.25) is 4.79 Å². The van der Waals surface area contributed by atoms with E-state index < -0.39 is 0 Å². The first-order chi connectivity index (χ1) is 10.7. The lowest BCUT2D eigenvalue weighted by atomic mass is 10.1. The minimum Gasteiger partial charge on any atom is -0.483 e. The molecule has 0 aliphatic heterocycles. The number of hydrogen-bond donors (Lipinski definition) is 1. The summed E-state index contributed by atoms with van der Waals surface area (Å²) >= 11 is 1.63. The Bertz CT molecular complexity index is 762. The zero-order valence-corrected chi connectivity index (χ0v) is 13.1. The molecule has 0 bridgehead atoms. The molecular weight excluding hydrogens is 294 g/mol. The average molecular weight is 311 g/mol. The van der Waals surface area contributed by atoms with Gasteiger partial charge in [-0.1, -0.05) is 42.5 Å². The number of ether oxygens (including phenoxy) is 1. The molecule has 0 radical (unpaired) electrons. The van der Waals surface area contributed by atoms with Crippen molar-refractivity contribution in [3.8, 4) is 5.75 Å². The van der Waals surface area contributed by atoms with E-state index in [0.717, 1.165) is 21.4 Å². The first-order valence-corrected chi connectivity index (χ1v) is 8.05. The van der Waals surface area contributed by atoms with Crippen LogP contribution in [0.2, 0.25) is 0 Å². The SMILES string of the molecule is C[C@H](NC(=O)COc1cccc2ccccc12)c1cccs1. The first-order valence-electron chi connectivity index (χ1n) is 7.17. The third-order valence-electron chi connectivity index (χ3n) is 3.46. The van der Waals surface area contributed by atoms with Crippen molar-refractivity contribution < 1.29 is 9.53 Å². The number of carbonyl (C=O) groups is 1. The Kier molecular flexibility index (Phi) is 4.39. The van der Waals surface area contributed by atoms with Gasteiger partial charge in [0.15, 0.2) is 6.61 Å². The molecule has 1 atom stereocenters. The lowest BCUT2D eigenvalue weighted by Crippen LogP contribution is -2.30. The van der Waals surface area contributed by atoms with Crippen LogP contribution in [0.25, 0.3) is 10.8 Å². The lowest BCUT2D eigenvalue weighted by Gasteiger charge is -2.13. The van der Waals surface area contributed by atoms with Gasteiger partial charge in [0.05, 0.1) is 6.04 Å². The Morgan fingerprint density at radius 2 is 1.95 bits per heavy atom. The minimum atomic E-state index is -0.117. The Hall–Kier alpha value is -2.33. The van der Waals surface area contributed by atoms with Crippen molar-refractivity contribution in [2.24, 2.45) is 0 Å². The van der Waals surface area contributed by atoms with Gasteiger partial charge in [0.2, 0.25) is 0 Å². The Labute approximate surface area is 133 Å². The second-order valence-corrected chi connectivity index (χ2v) is 6.05. The fourth-order valence-corrected chi connectivity index (χ4v) is 3.09. The predicted molar refractivity (Wildman–Crippen MR) is 90.3 cm³/mol. The van der Waals surface area contributed by atoms with Gasteiger partial charge in [0, 0.05) is 10.3 Å². The van der Waals surface area contributed by atoms with Gasteiger partial charge in [-0.2, -0.15) is 0 Å². The number of rotatable bonds is 5. The van der Waals surface area contributed by atoms with Gasteiger partial charge >= 0.3 is 0 Å². The monoisotopic (exact) mass is 311 g/mol. The molecule has 2 aromatic carbocycles. The highest BCUT2D eigenvalue weighted by Crippen LogP contribution is 2.25. The highest BCUT2D eigenvalue weighted by molar-refractivity contribution is 7.10. The molecule has 0 spiro atoms. The van der Waals surface area contributed by atoms with Crippen LogP contribution in [-0.4, -0.2) is 12.5 Å². The van der Waals surface area contributed by atoms with E-state index in [1.807, 2.05) is 66.9 Å². The molecule has 0 aliphatic rings. The van der Waals surface area contributed by atoms with Crippen LogP contribution in [-0.2, 0) is 4.79 Å². The normalized spacial score (nSPS) is 12.0. The number of benzene rings is 2. The molecular formula is C18H17NO2S. The highest BCUT2D eigenvalue weighted by Gasteiger charge is 2.11. The smallest absolute Gasteiger partial charge is 0.258 e. The molecule has 3 rings (SSSR count). The summed E-state index contributed by atoms with van der Waals surface area (Å²) < 4.78 is 5.69. The number of fused-ring (bicyclic) bond motifs is 1. The topological polar surface area (TPSA) is 38.3 Å². The molecule has 1 aromatic heterocycles. The van der Waals surface area contributed by atoms with E-state index in [4.69, 9.17) is 4.74 Å². The molecule has 0 saturated heterocycles. The number of nitrogens with one attached hydrogen (secondary N) is 1. The van der Waals surface area contributed by atoms with Crippen LogP contribution >= 0.6 is 11.3 Å². The van der Waals surface area contributed by atoms with E-state index in [1.54, 1.807) is 11.3 Å². The molecule has 0 fully saturated rings. The molecule has 22 heavy (non-hydrogen) atoms. The maximum atomic E-state index is 12.0. The standard InChI is InChI=1S/C18H17NO2S/c1-13(17-10-5-11-22-17)19-18(20)12-21-16-9-4-7-14-6-2-3-8-15(14)16/h2-11,13H,12H2,1H3,(H,19,20)/t13-/m0/s1. The lowest BCUT2D eigenvalue weighted by molar-refractivity contribution is -0.123. The Morgan fingerprint density at radius 3 is 2.77 bits per heavy atom. The third kappa shape index (κ3) is 3.28. The minimum absolute atomic E-state index is 0.00335. The Balaban J connectivity index is 1.63. The number of amides is 1.